The number of aromatic nitrogens is 1. The molecule has 2 aromatic rings. The van der Waals surface area contributed by atoms with Gasteiger partial charge in [-0.2, -0.15) is 0 Å². The zero-order valence-electron chi connectivity index (χ0n) is 13.0. The second-order valence-electron chi connectivity index (χ2n) is 6.50. The first-order valence-electron chi connectivity index (χ1n) is 8.21. The lowest BCUT2D eigenvalue weighted by molar-refractivity contribution is 0.0695. The maximum absolute atomic E-state index is 11.4. The maximum atomic E-state index is 11.4. The lowest BCUT2D eigenvalue weighted by Crippen LogP contribution is -2.10. The van der Waals surface area contributed by atoms with E-state index in [-0.39, 0.29) is 0 Å². The molecule has 0 amide bonds. The predicted octanol–water partition coefficient (Wildman–Crippen LogP) is 4.23. The Labute approximate surface area is 135 Å². The second kappa shape index (κ2) is 5.65. The minimum atomic E-state index is -0.860. The molecule has 23 heavy (non-hydrogen) atoms. The smallest absolute Gasteiger partial charge is 0.336 e. The summed E-state index contributed by atoms with van der Waals surface area (Å²) >= 11 is 0. The molecule has 0 fully saturated rings. The molecule has 1 aromatic carbocycles. The van der Waals surface area contributed by atoms with Gasteiger partial charge < -0.3 is 5.11 Å². The number of nitrogens with zero attached hydrogens (tertiary/aromatic N) is 1. The number of fused-ring (bicyclic) bond motifs is 2. The number of allylic oxidation sites excluding steroid dienone is 1. The van der Waals surface area contributed by atoms with Crippen LogP contribution in [0, 0.1) is 0 Å². The zero-order valence-corrected chi connectivity index (χ0v) is 13.0. The van der Waals surface area contributed by atoms with E-state index in [1.54, 1.807) is 12.3 Å². The third-order valence-electron chi connectivity index (χ3n) is 5.07. The number of rotatable bonds is 3. The van der Waals surface area contributed by atoms with Gasteiger partial charge in [0.2, 0.25) is 0 Å². The van der Waals surface area contributed by atoms with Crippen molar-refractivity contribution >= 4 is 12.0 Å². The number of carbonyl (C=O) groups is 1. The predicted molar refractivity (Wildman–Crippen MR) is 89.6 cm³/mol. The molecule has 0 aliphatic heterocycles. The highest BCUT2D eigenvalue weighted by molar-refractivity contribution is 5.91. The number of hydrogen-bond donors (Lipinski definition) is 1. The summed E-state index contributed by atoms with van der Waals surface area (Å²) in [6, 6.07) is 10.3. The van der Waals surface area contributed by atoms with Gasteiger partial charge in [0.1, 0.15) is 0 Å². The molecule has 0 saturated carbocycles. The average molecular weight is 305 g/mol. The van der Waals surface area contributed by atoms with Crippen molar-refractivity contribution in [3.05, 3.63) is 70.0 Å². The fourth-order valence-corrected chi connectivity index (χ4v) is 4.00. The first kappa shape index (κ1) is 14.2. The van der Waals surface area contributed by atoms with Gasteiger partial charge in [-0.05, 0) is 66.9 Å². The topological polar surface area (TPSA) is 50.2 Å². The highest BCUT2D eigenvalue weighted by Crippen LogP contribution is 2.39. The minimum Gasteiger partial charge on any atom is -0.478 e. The van der Waals surface area contributed by atoms with Crippen LogP contribution in [0.4, 0.5) is 0 Å². The van der Waals surface area contributed by atoms with Crippen molar-refractivity contribution in [2.24, 2.45) is 0 Å². The van der Waals surface area contributed by atoms with Crippen LogP contribution in [-0.2, 0) is 12.8 Å². The van der Waals surface area contributed by atoms with Crippen molar-refractivity contribution in [2.45, 2.75) is 38.0 Å². The van der Waals surface area contributed by atoms with E-state index >= 15 is 0 Å². The molecular weight excluding hydrogens is 286 g/mol. The Hall–Kier alpha value is -2.42. The van der Waals surface area contributed by atoms with Crippen LogP contribution in [0.3, 0.4) is 0 Å². The van der Waals surface area contributed by atoms with Crippen LogP contribution < -0.4 is 0 Å². The van der Waals surface area contributed by atoms with E-state index in [2.05, 4.69) is 35.3 Å². The van der Waals surface area contributed by atoms with E-state index in [0.29, 0.717) is 11.5 Å². The van der Waals surface area contributed by atoms with Crippen LogP contribution in [0.15, 0.2) is 42.1 Å². The number of carboxylic acid groups (broad SMARTS) is 1. The van der Waals surface area contributed by atoms with Gasteiger partial charge in [-0.15, -0.1) is 0 Å². The molecule has 4 rings (SSSR count). The second-order valence-corrected chi connectivity index (χ2v) is 6.50. The summed E-state index contributed by atoms with van der Waals surface area (Å²) in [7, 11) is 0. The summed E-state index contributed by atoms with van der Waals surface area (Å²) in [6.07, 6.45) is 9.05. The van der Waals surface area contributed by atoms with Gasteiger partial charge in [-0.25, -0.2) is 4.79 Å². The zero-order chi connectivity index (χ0) is 15.8. The van der Waals surface area contributed by atoms with Crippen molar-refractivity contribution in [3.63, 3.8) is 0 Å². The first-order chi connectivity index (χ1) is 11.2. The highest BCUT2D eigenvalue weighted by Gasteiger charge is 2.25. The standard InChI is InChI=1S/C20H19NO2/c22-20(23)17-8-9-21-19-12-13(11-18(17)19)10-15-6-3-5-14-4-1-2-7-16(14)15/h1-2,4,7-9,12,15H,3,5-6,10-11H2,(H,22,23). The molecule has 1 heterocycles. The summed E-state index contributed by atoms with van der Waals surface area (Å²) in [4.78, 5) is 15.7. The molecule has 3 heteroatoms. The Balaban J connectivity index is 1.59. The van der Waals surface area contributed by atoms with Gasteiger partial charge >= 0.3 is 5.97 Å². The lowest BCUT2D eigenvalue weighted by Gasteiger charge is -2.26. The monoisotopic (exact) mass is 305 g/mol. The summed E-state index contributed by atoms with van der Waals surface area (Å²) in [5, 5.41) is 9.34. The molecule has 1 atom stereocenters. The molecule has 2 aliphatic rings. The van der Waals surface area contributed by atoms with E-state index in [0.717, 1.165) is 24.1 Å². The molecule has 0 saturated heterocycles. The fraction of sp³-hybridized carbons (Fsp3) is 0.300. The number of aryl methyl sites for hydroxylation is 1. The van der Waals surface area contributed by atoms with Gasteiger partial charge in [-0.1, -0.05) is 29.8 Å². The number of aromatic carboxylic acids is 1. The quantitative estimate of drug-likeness (QED) is 0.923. The molecule has 1 N–H and O–H groups in total. The van der Waals surface area contributed by atoms with Crippen LogP contribution >= 0.6 is 0 Å². The molecule has 116 valence electrons. The third-order valence-corrected chi connectivity index (χ3v) is 5.07. The normalized spacial score (nSPS) is 19.0. The van der Waals surface area contributed by atoms with Crippen LogP contribution in [0.2, 0.25) is 0 Å². The van der Waals surface area contributed by atoms with Gasteiger partial charge in [-0.3, -0.25) is 4.98 Å². The first-order valence-corrected chi connectivity index (χ1v) is 8.21. The molecule has 0 spiro atoms. The minimum absolute atomic E-state index is 0.394. The van der Waals surface area contributed by atoms with Gasteiger partial charge in [0, 0.05) is 6.20 Å². The molecule has 0 bridgehead atoms. The summed E-state index contributed by atoms with van der Waals surface area (Å²) in [5.74, 6) is -0.310. The van der Waals surface area contributed by atoms with E-state index < -0.39 is 5.97 Å². The van der Waals surface area contributed by atoms with Crippen molar-refractivity contribution in [2.75, 3.05) is 0 Å². The van der Waals surface area contributed by atoms with Crippen molar-refractivity contribution in [1.82, 2.24) is 4.98 Å². The maximum Gasteiger partial charge on any atom is 0.336 e. The molecule has 0 radical (unpaired) electrons. The van der Waals surface area contributed by atoms with Crippen LogP contribution in [0.25, 0.3) is 6.08 Å². The molecule has 1 unspecified atom stereocenters. The average Bonchev–Trinajstić information content (AvgIpc) is 2.97. The highest BCUT2D eigenvalue weighted by atomic mass is 16.4. The Morgan fingerprint density at radius 3 is 3.00 bits per heavy atom. The number of hydrogen-bond acceptors (Lipinski definition) is 2. The largest absolute Gasteiger partial charge is 0.478 e. The van der Waals surface area contributed by atoms with E-state index in [9.17, 15) is 9.90 Å². The summed E-state index contributed by atoms with van der Waals surface area (Å²) in [5.41, 5.74) is 6.36. The Morgan fingerprint density at radius 2 is 2.13 bits per heavy atom. The number of carboxylic acids is 1. The fourth-order valence-electron chi connectivity index (χ4n) is 4.00. The summed E-state index contributed by atoms with van der Waals surface area (Å²) < 4.78 is 0. The Morgan fingerprint density at radius 1 is 1.26 bits per heavy atom. The van der Waals surface area contributed by atoms with E-state index in [1.165, 1.54) is 36.0 Å². The number of benzene rings is 1. The third kappa shape index (κ3) is 2.56. The van der Waals surface area contributed by atoms with E-state index in [1.807, 2.05) is 0 Å². The van der Waals surface area contributed by atoms with Gasteiger partial charge in [0.25, 0.3) is 0 Å². The van der Waals surface area contributed by atoms with Crippen LogP contribution in [-0.4, -0.2) is 16.1 Å². The van der Waals surface area contributed by atoms with Gasteiger partial charge in [0.15, 0.2) is 0 Å². The molecule has 3 nitrogen and oxygen atoms in total. The van der Waals surface area contributed by atoms with Crippen molar-refractivity contribution < 1.29 is 9.90 Å². The SMILES string of the molecule is O=C(O)c1ccnc2c1CC(CC1CCCc3ccccc31)=C2. The number of pyridine rings is 1. The van der Waals surface area contributed by atoms with Crippen LogP contribution in [0.1, 0.15) is 57.9 Å². The lowest BCUT2D eigenvalue weighted by atomic mass is 9.79. The van der Waals surface area contributed by atoms with Gasteiger partial charge in [0.05, 0.1) is 11.3 Å². The summed E-state index contributed by atoms with van der Waals surface area (Å²) in [6.45, 7) is 0. The molecular formula is C20H19NO2. The molecule has 1 aromatic heterocycles. The Bertz CT molecular complexity index is 807. The van der Waals surface area contributed by atoms with Crippen molar-refractivity contribution in [3.8, 4) is 0 Å². The van der Waals surface area contributed by atoms with Crippen LogP contribution in [0.5, 0.6) is 0 Å². The molecule has 2 aliphatic carbocycles. The Kier molecular flexibility index (Phi) is 3.49. The van der Waals surface area contributed by atoms with Crippen molar-refractivity contribution in [1.29, 1.82) is 0 Å². The van der Waals surface area contributed by atoms with E-state index in [4.69, 9.17) is 0 Å².